The van der Waals surface area contributed by atoms with E-state index in [9.17, 15) is 0 Å². The van der Waals surface area contributed by atoms with Crippen molar-refractivity contribution in [1.29, 1.82) is 0 Å². The van der Waals surface area contributed by atoms with Gasteiger partial charge in [0.05, 0.1) is 11.9 Å². The average Bonchev–Trinajstić information content (AvgIpc) is 2.82. The molecule has 15 heavy (non-hydrogen) atoms. The van der Waals surface area contributed by atoms with E-state index < -0.39 is 0 Å². The molecule has 2 heterocycles. The van der Waals surface area contributed by atoms with Crippen LogP contribution in [-0.4, -0.2) is 10.1 Å². The molecule has 3 nitrogen and oxygen atoms in total. The first-order valence-electron chi connectivity index (χ1n) is 4.62. The predicted molar refractivity (Wildman–Crippen MR) is 56.1 cm³/mol. The maximum Gasteiger partial charge on any atom is 0.132 e. The quantitative estimate of drug-likeness (QED) is 0.599. The normalized spacial score (nSPS) is 10.7. The van der Waals surface area contributed by atoms with Crippen molar-refractivity contribution in [3.63, 3.8) is 0 Å². The van der Waals surface area contributed by atoms with Gasteiger partial charge in [-0.3, -0.25) is 0 Å². The van der Waals surface area contributed by atoms with Crippen LogP contribution in [0.1, 0.15) is 0 Å². The number of rotatable bonds is 1. The highest BCUT2D eigenvalue weighted by Gasteiger charge is 2.03. The zero-order chi connectivity index (χ0) is 10.1. The van der Waals surface area contributed by atoms with Crippen molar-refractivity contribution >= 4 is 10.8 Å². The topological polar surface area (TPSA) is 38.9 Å². The molecule has 3 aromatic rings. The van der Waals surface area contributed by atoms with Crippen LogP contribution in [0.4, 0.5) is 0 Å². The molecule has 0 bridgehead atoms. The van der Waals surface area contributed by atoms with Crippen LogP contribution in [-0.2, 0) is 0 Å². The lowest BCUT2D eigenvalue weighted by Gasteiger charge is -1.98. The second-order valence-corrected chi connectivity index (χ2v) is 3.23. The molecule has 0 saturated carbocycles. The predicted octanol–water partition coefficient (Wildman–Crippen LogP) is 2.69. The van der Waals surface area contributed by atoms with E-state index >= 15 is 0 Å². The molecule has 0 saturated heterocycles. The molecule has 3 rings (SSSR count). The molecule has 0 fully saturated rings. The van der Waals surface area contributed by atoms with Gasteiger partial charge in [0.2, 0.25) is 0 Å². The van der Waals surface area contributed by atoms with E-state index in [0.717, 1.165) is 22.2 Å². The van der Waals surface area contributed by atoms with E-state index in [0.29, 0.717) is 0 Å². The first-order valence-corrected chi connectivity index (χ1v) is 4.62. The molecule has 0 aliphatic carbocycles. The van der Waals surface area contributed by atoms with Crippen LogP contribution in [0.2, 0.25) is 0 Å². The zero-order valence-corrected chi connectivity index (χ0v) is 7.84. The molecule has 0 unspecified atom stereocenters. The minimum Gasteiger partial charge on any atom is -0.364 e. The standard InChI is InChI=1S/C12H7N2O/c1-2-4-10-8-13-12(7-9(10)3-1)11-5-6-15-14-11/h1-7H. The minimum atomic E-state index is 0.733. The number of pyridine rings is 1. The van der Waals surface area contributed by atoms with Gasteiger partial charge in [-0.1, -0.05) is 29.4 Å². The molecule has 0 atom stereocenters. The summed E-state index contributed by atoms with van der Waals surface area (Å²) in [7, 11) is 0. The highest BCUT2D eigenvalue weighted by atomic mass is 16.5. The Morgan fingerprint density at radius 2 is 2.00 bits per heavy atom. The lowest BCUT2D eigenvalue weighted by Crippen LogP contribution is -1.83. The molecular formula is C12H7N2O. The maximum absolute atomic E-state index is 4.78. The molecule has 3 heteroatoms. The summed E-state index contributed by atoms with van der Waals surface area (Å²) in [5.41, 5.74) is 1.51. The fourth-order valence-corrected chi connectivity index (χ4v) is 1.50. The summed E-state index contributed by atoms with van der Waals surface area (Å²) in [5.74, 6) is 0. The summed E-state index contributed by atoms with van der Waals surface area (Å²) in [4.78, 5) is 4.20. The number of benzene rings is 1. The third-order valence-corrected chi connectivity index (χ3v) is 2.25. The van der Waals surface area contributed by atoms with Crippen LogP contribution >= 0.6 is 0 Å². The Morgan fingerprint density at radius 1 is 1.07 bits per heavy atom. The van der Waals surface area contributed by atoms with Gasteiger partial charge in [0.15, 0.2) is 0 Å². The number of nitrogens with zero attached hydrogens (tertiary/aromatic N) is 2. The van der Waals surface area contributed by atoms with Gasteiger partial charge in [0.25, 0.3) is 0 Å². The van der Waals surface area contributed by atoms with Crippen LogP contribution in [0.5, 0.6) is 0 Å². The van der Waals surface area contributed by atoms with Gasteiger partial charge in [-0.15, -0.1) is 0 Å². The summed E-state index contributed by atoms with van der Waals surface area (Å²) in [6, 6.07) is 11.7. The SMILES string of the molecule is [c]1nc(-c2ccon2)cc2ccccc12. The zero-order valence-electron chi connectivity index (χ0n) is 7.84. The van der Waals surface area contributed by atoms with Gasteiger partial charge in [0.1, 0.15) is 12.0 Å². The lowest BCUT2D eigenvalue weighted by atomic mass is 10.1. The molecule has 0 N–H and O–H groups in total. The maximum atomic E-state index is 4.78. The Hall–Kier alpha value is -2.16. The van der Waals surface area contributed by atoms with Crippen molar-refractivity contribution in [3.05, 3.63) is 48.9 Å². The van der Waals surface area contributed by atoms with Crippen molar-refractivity contribution in [1.82, 2.24) is 10.1 Å². The van der Waals surface area contributed by atoms with Gasteiger partial charge in [-0.25, -0.2) is 4.98 Å². The fraction of sp³-hybridized carbons (Fsp3) is 0. The van der Waals surface area contributed by atoms with E-state index in [4.69, 9.17) is 4.52 Å². The van der Waals surface area contributed by atoms with Crippen LogP contribution in [0, 0.1) is 6.20 Å². The number of aromatic nitrogens is 2. The third-order valence-electron chi connectivity index (χ3n) is 2.25. The Morgan fingerprint density at radius 3 is 2.87 bits per heavy atom. The van der Waals surface area contributed by atoms with Crippen LogP contribution in [0.15, 0.2) is 47.2 Å². The molecule has 0 aliphatic rings. The molecule has 1 radical (unpaired) electrons. The van der Waals surface area contributed by atoms with Gasteiger partial charge in [-0.05, 0) is 11.5 Å². The first-order chi connectivity index (χ1) is 7.43. The summed E-state index contributed by atoms with van der Waals surface area (Å²) in [6.07, 6.45) is 4.51. The van der Waals surface area contributed by atoms with Crippen LogP contribution in [0.3, 0.4) is 0 Å². The van der Waals surface area contributed by atoms with E-state index in [1.807, 2.05) is 30.3 Å². The highest BCUT2D eigenvalue weighted by Crippen LogP contribution is 2.19. The Kier molecular flexibility index (Phi) is 1.75. The fourth-order valence-electron chi connectivity index (χ4n) is 1.50. The second kappa shape index (κ2) is 3.20. The van der Waals surface area contributed by atoms with Gasteiger partial charge in [-0.2, -0.15) is 0 Å². The monoisotopic (exact) mass is 195 g/mol. The molecule has 2 aromatic heterocycles. The largest absolute Gasteiger partial charge is 0.364 e. The van der Waals surface area contributed by atoms with Crippen molar-refractivity contribution in [3.8, 4) is 11.4 Å². The number of hydrogen-bond donors (Lipinski definition) is 0. The first kappa shape index (κ1) is 8.17. The number of fused-ring (bicyclic) bond motifs is 1. The molecule has 0 spiro atoms. The van der Waals surface area contributed by atoms with E-state index in [-0.39, 0.29) is 0 Å². The summed E-state index contributed by atoms with van der Waals surface area (Å²) in [6.45, 7) is 0. The average molecular weight is 195 g/mol. The molecular weight excluding hydrogens is 188 g/mol. The smallest absolute Gasteiger partial charge is 0.132 e. The van der Waals surface area contributed by atoms with Crippen molar-refractivity contribution in [2.75, 3.05) is 0 Å². The Labute approximate surface area is 86.4 Å². The summed E-state index contributed by atoms with van der Waals surface area (Å²) >= 11 is 0. The molecule has 0 aliphatic heterocycles. The summed E-state index contributed by atoms with van der Waals surface area (Å²) < 4.78 is 4.78. The molecule has 71 valence electrons. The van der Waals surface area contributed by atoms with Crippen molar-refractivity contribution < 1.29 is 4.52 Å². The summed E-state index contributed by atoms with van der Waals surface area (Å²) in [5, 5.41) is 5.94. The van der Waals surface area contributed by atoms with E-state index in [2.05, 4.69) is 16.3 Å². The molecule has 0 amide bonds. The lowest BCUT2D eigenvalue weighted by molar-refractivity contribution is 0.422. The Balaban J connectivity index is 2.22. The highest BCUT2D eigenvalue weighted by molar-refractivity contribution is 5.84. The second-order valence-electron chi connectivity index (χ2n) is 3.23. The van der Waals surface area contributed by atoms with Gasteiger partial charge in [0, 0.05) is 11.5 Å². The van der Waals surface area contributed by atoms with Crippen molar-refractivity contribution in [2.24, 2.45) is 0 Å². The third kappa shape index (κ3) is 1.38. The van der Waals surface area contributed by atoms with Crippen LogP contribution < -0.4 is 0 Å². The van der Waals surface area contributed by atoms with E-state index in [1.165, 1.54) is 6.26 Å². The van der Waals surface area contributed by atoms with Gasteiger partial charge < -0.3 is 4.52 Å². The number of hydrogen-bond acceptors (Lipinski definition) is 3. The Bertz CT molecular complexity index is 587. The minimum absolute atomic E-state index is 0.733. The van der Waals surface area contributed by atoms with E-state index in [1.54, 1.807) is 6.07 Å². The molecule has 1 aromatic carbocycles. The van der Waals surface area contributed by atoms with Crippen molar-refractivity contribution in [2.45, 2.75) is 0 Å². The van der Waals surface area contributed by atoms with Crippen LogP contribution in [0.25, 0.3) is 22.2 Å². The van der Waals surface area contributed by atoms with Gasteiger partial charge >= 0.3 is 0 Å².